The van der Waals surface area contributed by atoms with E-state index < -0.39 is 25.9 Å². The number of hydrogen-bond donors (Lipinski definition) is 1. The van der Waals surface area contributed by atoms with E-state index in [0.717, 1.165) is 29.8 Å². The van der Waals surface area contributed by atoms with Gasteiger partial charge in [0.15, 0.2) is 5.60 Å². The van der Waals surface area contributed by atoms with Gasteiger partial charge in [-0.25, -0.2) is 4.79 Å². The summed E-state index contributed by atoms with van der Waals surface area (Å²) < 4.78 is 17.9. The number of aliphatic hydroxyl groups is 1. The molecule has 7 rings (SSSR count). The first-order chi connectivity index (χ1) is 23.6. The molecule has 3 amide bonds. The summed E-state index contributed by atoms with van der Waals surface area (Å²) in [7, 11) is -0.839. The van der Waals surface area contributed by atoms with Gasteiger partial charge in [-0.3, -0.25) is 14.5 Å². The molecule has 1 N–H and O–H groups in total. The number of anilines is 2. The van der Waals surface area contributed by atoms with Crippen LogP contribution in [0.15, 0.2) is 72.8 Å². The molecule has 5 atom stereocenters. The van der Waals surface area contributed by atoms with Crippen LogP contribution in [0, 0.1) is 5.92 Å². The second kappa shape index (κ2) is 12.9. The molecule has 1 spiro atoms. The first kappa shape index (κ1) is 33.3. The van der Waals surface area contributed by atoms with Crippen molar-refractivity contribution in [2.75, 3.05) is 43.2 Å². The topological polar surface area (TPSA) is 109 Å². The van der Waals surface area contributed by atoms with E-state index in [1.54, 1.807) is 21.8 Å². The SMILES string of the molecule is COc1ccc([Si](C)(C)[C@@H]2[C@@H](CC(=O)N3CCC[C@H]3CO)O[C@]3(C(=O)N(Cc4ccccc4)c4ccc(N5CCOC5=O)cc43)[C@H]2C)cc1. The van der Waals surface area contributed by atoms with Crippen molar-refractivity contribution in [1.82, 2.24) is 4.90 Å². The minimum atomic E-state index is -2.49. The van der Waals surface area contributed by atoms with E-state index in [2.05, 4.69) is 32.2 Å². The predicted molar refractivity (Wildman–Crippen MR) is 189 cm³/mol. The highest BCUT2D eigenvalue weighted by atomic mass is 28.3. The zero-order valence-corrected chi connectivity index (χ0v) is 29.6. The lowest BCUT2D eigenvalue weighted by Crippen LogP contribution is -2.52. The molecule has 49 heavy (non-hydrogen) atoms. The van der Waals surface area contributed by atoms with Crippen LogP contribution in [0.25, 0.3) is 0 Å². The number of cyclic esters (lactones) is 1. The van der Waals surface area contributed by atoms with Crippen molar-refractivity contribution in [2.24, 2.45) is 5.92 Å². The Balaban J connectivity index is 1.35. The van der Waals surface area contributed by atoms with Gasteiger partial charge in [0.2, 0.25) is 5.91 Å². The Labute approximate surface area is 288 Å². The van der Waals surface area contributed by atoms with Gasteiger partial charge < -0.3 is 29.1 Å². The van der Waals surface area contributed by atoms with E-state index in [1.807, 2.05) is 60.7 Å². The molecule has 0 saturated carbocycles. The van der Waals surface area contributed by atoms with E-state index >= 15 is 4.79 Å². The zero-order chi connectivity index (χ0) is 34.5. The quantitative estimate of drug-likeness (QED) is 0.323. The maximum atomic E-state index is 15.1. The number of carbonyl (C=O) groups is 3. The van der Waals surface area contributed by atoms with Crippen molar-refractivity contribution in [3.8, 4) is 5.75 Å². The van der Waals surface area contributed by atoms with Crippen molar-refractivity contribution in [3.63, 3.8) is 0 Å². The number of amides is 3. The van der Waals surface area contributed by atoms with Crippen molar-refractivity contribution < 1.29 is 33.7 Å². The Morgan fingerprint density at radius 1 is 1.04 bits per heavy atom. The van der Waals surface area contributed by atoms with Crippen LogP contribution in [0.4, 0.5) is 16.2 Å². The second-order valence-corrected chi connectivity index (χ2v) is 19.0. The van der Waals surface area contributed by atoms with Crippen LogP contribution in [0.3, 0.4) is 0 Å². The van der Waals surface area contributed by atoms with Gasteiger partial charge in [-0.15, -0.1) is 0 Å². The number of likely N-dealkylation sites (tertiary alicyclic amines) is 1. The molecule has 4 heterocycles. The lowest BCUT2D eigenvalue weighted by molar-refractivity contribution is -0.150. The molecule has 11 heteroatoms. The Kier molecular flexibility index (Phi) is 8.79. The Hall–Kier alpha value is -4.19. The zero-order valence-electron chi connectivity index (χ0n) is 28.6. The number of ether oxygens (including phenoxy) is 3. The Morgan fingerprint density at radius 3 is 2.47 bits per heavy atom. The predicted octanol–water partition coefficient (Wildman–Crippen LogP) is 4.79. The molecular weight excluding hydrogens is 639 g/mol. The summed E-state index contributed by atoms with van der Waals surface area (Å²) in [6.07, 6.45) is 0.754. The van der Waals surface area contributed by atoms with Crippen LogP contribution >= 0.6 is 0 Å². The lowest BCUT2D eigenvalue weighted by Gasteiger charge is -2.37. The lowest BCUT2D eigenvalue weighted by atomic mass is 9.82. The summed E-state index contributed by atoms with van der Waals surface area (Å²) in [5, 5.41) is 11.2. The number of aliphatic hydroxyl groups excluding tert-OH is 1. The number of fused-ring (bicyclic) bond motifs is 2. The number of hydrogen-bond acceptors (Lipinski definition) is 7. The number of benzene rings is 3. The molecule has 0 radical (unpaired) electrons. The highest BCUT2D eigenvalue weighted by Crippen LogP contribution is 2.60. The summed E-state index contributed by atoms with van der Waals surface area (Å²) in [6, 6.07) is 23.5. The maximum absolute atomic E-state index is 15.1. The van der Waals surface area contributed by atoms with Gasteiger partial charge in [0.05, 0.1) is 59.1 Å². The standard InChI is InChI=1S/C38H45N3O7Si/c1-25-35(49(3,4)30-15-13-29(46-2)14-16-30)33(22-34(43)39-18-8-11-28(39)24-42)48-38(25)31-21-27(40-19-20-47-37(40)45)12-17-32(31)41(36(38)44)23-26-9-6-5-7-10-26/h5-7,9-10,12-17,21,25,28,33,35,42H,8,11,18-20,22-24H2,1-4H3/t25-,28-,33+,35-,38+/m0/s1. The van der Waals surface area contributed by atoms with E-state index in [-0.39, 0.29) is 42.3 Å². The van der Waals surface area contributed by atoms with Crippen molar-refractivity contribution in [3.05, 3.63) is 83.9 Å². The smallest absolute Gasteiger partial charge is 0.414 e. The molecule has 0 aliphatic carbocycles. The third kappa shape index (κ3) is 5.52. The van der Waals surface area contributed by atoms with Gasteiger partial charge in [-0.05, 0) is 54.3 Å². The van der Waals surface area contributed by atoms with E-state index in [0.29, 0.717) is 37.5 Å². The first-order valence-electron chi connectivity index (χ1n) is 17.3. The highest BCUT2D eigenvalue weighted by Gasteiger charge is 2.66. The fourth-order valence-electron chi connectivity index (χ4n) is 8.86. The number of nitrogens with zero attached hydrogens (tertiary/aromatic N) is 3. The normalized spacial score (nSPS) is 26.5. The summed E-state index contributed by atoms with van der Waals surface area (Å²) in [6.45, 7) is 8.29. The van der Waals surface area contributed by atoms with Crippen molar-refractivity contribution in [1.29, 1.82) is 0 Å². The van der Waals surface area contributed by atoms with Gasteiger partial charge in [0, 0.05) is 23.7 Å². The molecule has 3 aromatic rings. The van der Waals surface area contributed by atoms with E-state index in [1.165, 1.54) is 5.19 Å². The van der Waals surface area contributed by atoms with Crippen molar-refractivity contribution in [2.45, 2.75) is 69.1 Å². The number of rotatable bonds is 9. The van der Waals surface area contributed by atoms with E-state index in [9.17, 15) is 14.7 Å². The van der Waals surface area contributed by atoms with Crippen molar-refractivity contribution >= 4 is 42.5 Å². The second-order valence-electron chi connectivity index (χ2n) is 14.3. The van der Waals surface area contributed by atoms with Crippen LogP contribution < -0.4 is 19.7 Å². The number of carbonyl (C=O) groups excluding carboxylic acids is 3. The minimum Gasteiger partial charge on any atom is -0.497 e. The third-order valence-corrected chi connectivity index (χ3v) is 15.7. The molecule has 4 aliphatic heterocycles. The summed E-state index contributed by atoms with van der Waals surface area (Å²) in [4.78, 5) is 47.1. The largest absolute Gasteiger partial charge is 0.497 e. The monoisotopic (exact) mass is 683 g/mol. The molecule has 3 aromatic carbocycles. The van der Waals surface area contributed by atoms with Gasteiger partial charge >= 0.3 is 6.09 Å². The maximum Gasteiger partial charge on any atom is 0.414 e. The summed E-state index contributed by atoms with van der Waals surface area (Å²) >= 11 is 0. The first-order valence-corrected chi connectivity index (χ1v) is 20.3. The van der Waals surface area contributed by atoms with E-state index in [4.69, 9.17) is 14.2 Å². The average molecular weight is 684 g/mol. The Bertz CT molecular complexity index is 1730. The molecular formula is C38H45N3O7Si. The fourth-order valence-corrected chi connectivity index (χ4v) is 12.9. The van der Waals surface area contributed by atoms with Crippen LogP contribution in [-0.2, 0) is 31.2 Å². The molecule has 4 aliphatic rings. The van der Waals surface area contributed by atoms with Gasteiger partial charge in [-0.2, -0.15) is 0 Å². The molecule has 3 saturated heterocycles. The summed E-state index contributed by atoms with van der Waals surface area (Å²) in [5.41, 5.74) is 1.58. The van der Waals surface area contributed by atoms with Crippen LogP contribution in [0.5, 0.6) is 5.75 Å². The average Bonchev–Trinajstić information content (AvgIpc) is 3.88. The van der Waals surface area contributed by atoms with Crippen LogP contribution in [0.1, 0.15) is 37.3 Å². The number of methoxy groups -OCH3 is 1. The molecule has 0 aromatic heterocycles. The molecule has 258 valence electrons. The minimum absolute atomic E-state index is 0.0595. The van der Waals surface area contributed by atoms with Crippen LogP contribution in [-0.4, -0.2) is 81.5 Å². The Morgan fingerprint density at radius 2 is 1.80 bits per heavy atom. The molecule has 3 fully saturated rings. The van der Waals surface area contributed by atoms with Gasteiger partial charge in [0.1, 0.15) is 12.4 Å². The van der Waals surface area contributed by atoms with Crippen LogP contribution in [0.2, 0.25) is 18.6 Å². The van der Waals surface area contributed by atoms with Gasteiger partial charge in [0.25, 0.3) is 5.91 Å². The summed E-state index contributed by atoms with van der Waals surface area (Å²) in [5.74, 6) is 0.236. The van der Waals surface area contributed by atoms with Gasteiger partial charge in [-0.1, -0.05) is 67.7 Å². The fraction of sp³-hybridized carbons (Fsp3) is 0.447. The molecule has 0 bridgehead atoms. The highest BCUT2D eigenvalue weighted by molar-refractivity contribution is 6.91. The molecule has 0 unspecified atom stereocenters. The molecule has 10 nitrogen and oxygen atoms in total. The third-order valence-electron chi connectivity index (χ3n) is 11.4.